The second kappa shape index (κ2) is 9.61. The predicted octanol–water partition coefficient (Wildman–Crippen LogP) is 5.98. The molecule has 0 N–H and O–H groups in total. The van der Waals surface area contributed by atoms with Crippen molar-refractivity contribution in [2.45, 2.75) is 46.7 Å². The Morgan fingerprint density at radius 1 is 1.08 bits per heavy atom. The van der Waals surface area contributed by atoms with Crippen molar-refractivity contribution in [3.05, 3.63) is 105 Å². The van der Waals surface area contributed by atoms with Gasteiger partial charge in [0.25, 0.3) is 5.91 Å². The Hall–Kier alpha value is -3.93. The molecule has 0 radical (unpaired) electrons. The predicted molar refractivity (Wildman–Crippen MR) is 139 cm³/mol. The molecule has 0 aliphatic carbocycles. The summed E-state index contributed by atoms with van der Waals surface area (Å²) in [5.41, 5.74) is 4.15. The summed E-state index contributed by atoms with van der Waals surface area (Å²) in [5.74, 6) is 1.06. The molecule has 0 saturated carbocycles. The van der Waals surface area contributed by atoms with E-state index in [2.05, 4.69) is 18.8 Å². The van der Waals surface area contributed by atoms with Crippen LogP contribution >= 0.6 is 0 Å². The SMILES string of the molecule is Cc1cc(C)c2c(=O)c3c(oc2c1)C(=O)N(Cc1cccnc1)C3c1cccc(OCCC(C)C)c1. The molecule has 0 bridgehead atoms. The first-order valence-corrected chi connectivity index (χ1v) is 12.3. The minimum absolute atomic E-state index is 0.109. The number of fused-ring (bicyclic) bond motifs is 2. The van der Waals surface area contributed by atoms with Gasteiger partial charge in [0.15, 0.2) is 5.43 Å². The molecule has 0 spiro atoms. The molecule has 2 aromatic carbocycles. The molecular weight excluding hydrogens is 452 g/mol. The van der Waals surface area contributed by atoms with Gasteiger partial charge in [-0.25, -0.2) is 0 Å². The number of rotatable bonds is 7. The van der Waals surface area contributed by atoms with Gasteiger partial charge < -0.3 is 14.1 Å². The third kappa shape index (κ3) is 4.39. The number of carbonyl (C=O) groups excluding carboxylic acids is 1. The zero-order chi connectivity index (χ0) is 25.4. The summed E-state index contributed by atoms with van der Waals surface area (Å²) in [4.78, 5) is 33.5. The number of aryl methyl sites for hydroxylation is 2. The first kappa shape index (κ1) is 23.8. The van der Waals surface area contributed by atoms with Gasteiger partial charge in [-0.05, 0) is 72.7 Å². The van der Waals surface area contributed by atoms with Gasteiger partial charge in [-0.1, -0.05) is 38.1 Å². The molecule has 36 heavy (non-hydrogen) atoms. The number of aromatic nitrogens is 1. The van der Waals surface area contributed by atoms with Crippen molar-refractivity contribution >= 4 is 16.9 Å². The van der Waals surface area contributed by atoms with E-state index in [1.54, 1.807) is 17.3 Å². The number of ether oxygens (including phenoxy) is 1. The molecule has 1 amide bonds. The van der Waals surface area contributed by atoms with Crippen LogP contribution in [0.25, 0.3) is 11.0 Å². The summed E-state index contributed by atoms with van der Waals surface area (Å²) in [7, 11) is 0. The van der Waals surface area contributed by atoms with E-state index in [1.807, 2.05) is 62.4 Å². The molecule has 5 rings (SSSR count). The standard InChI is InChI=1S/C30H30N2O4/c1-18(2)10-12-35-23-9-5-8-22(15-23)27-26-28(33)25-20(4)13-19(3)14-24(25)36-29(26)30(34)32(27)17-21-7-6-11-31-16-21/h5-9,11,13-16,18,27H,10,12,17H2,1-4H3. The van der Waals surface area contributed by atoms with Crippen LogP contribution in [0.15, 0.2) is 70.1 Å². The van der Waals surface area contributed by atoms with Crippen LogP contribution < -0.4 is 10.2 Å². The summed E-state index contributed by atoms with van der Waals surface area (Å²) in [6.45, 7) is 9.07. The largest absolute Gasteiger partial charge is 0.494 e. The Labute approximate surface area is 210 Å². The van der Waals surface area contributed by atoms with Crippen LogP contribution in [-0.2, 0) is 6.54 Å². The van der Waals surface area contributed by atoms with Crippen molar-refractivity contribution in [1.29, 1.82) is 0 Å². The Kier molecular flexibility index (Phi) is 6.35. The van der Waals surface area contributed by atoms with Gasteiger partial charge in [-0.2, -0.15) is 0 Å². The van der Waals surface area contributed by atoms with Gasteiger partial charge in [0, 0.05) is 18.9 Å². The van der Waals surface area contributed by atoms with Crippen LogP contribution in [0.4, 0.5) is 0 Å². The van der Waals surface area contributed by atoms with E-state index in [1.165, 1.54) is 0 Å². The number of hydrogen-bond donors (Lipinski definition) is 0. The fourth-order valence-corrected chi connectivity index (χ4v) is 4.90. The van der Waals surface area contributed by atoms with E-state index in [0.29, 0.717) is 41.4 Å². The molecule has 3 heterocycles. The van der Waals surface area contributed by atoms with Crippen molar-refractivity contribution in [3.63, 3.8) is 0 Å². The zero-order valence-corrected chi connectivity index (χ0v) is 21.1. The lowest BCUT2D eigenvalue weighted by Gasteiger charge is -2.25. The average Bonchev–Trinajstić information content (AvgIpc) is 3.11. The maximum absolute atomic E-state index is 13.9. The molecule has 2 aromatic heterocycles. The van der Waals surface area contributed by atoms with E-state index in [-0.39, 0.29) is 17.1 Å². The molecule has 1 atom stereocenters. The van der Waals surface area contributed by atoms with Crippen LogP contribution in [0.5, 0.6) is 5.75 Å². The summed E-state index contributed by atoms with van der Waals surface area (Å²) in [6.07, 6.45) is 4.37. The second-order valence-electron chi connectivity index (χ2n) is 9.93. The first-order chi connectivity index (χ1) is 17.3. The number of carbonyl (C=O) groups is 1. The minimum Gasteiger partial charge on any atom is -0.494 e. The second-order valence-corrected chi connectivity index (χ2v) is 9.93. The highest BCUT2D eigenvalue weighted by molar-refractivity contribution is 5.99. The van der Waals surface area contributed by atoms with E-state index >= 15 is 0 Å². The number of hydrogen-bond acceptors (Lipinski definition) is 5. The highest BCUT2D eigenvalue weighted by atomic mass is 16.5. The molecular formula is C30H30N2O4. The molecule has 1 aliphatic rings. The van der Waals surface area contributed by atoms with Gasteiger partial charge in [0.1, 0.15) is 11.3 Å². The van der Waals surface area contributed by atoms with E-state index in [4.69, 9.17) is 9.15 Å². The van der Waals surface area contributed by atoms with Crippen LogP contribution in [-0.4, -0.2) is 22.4 Å². The lowest BCUT2D eigenvalue weighted by atomic mass is 9.96. The summed E-state index contributed by atoms with van der Waals surface area (Å²) < 4.78 is 12.2. The molecule has 0 fully saturated rings. The molecule has 1 unspecified atom stereocenters. The smallest absolute Gasteiger partial charge is 0.291 e. The third-order valence-corrected chi connectivity index (χ3v) is 6.63. The Bertz CT molecular complexity index is 1490. The van der Waals surface area contributed by atoms with Crippen molar-refractivity contribution in [1.82, 2.24) is 9.88 Å². The summed E-state index contributed by atoms with van der Waals surface area (Å²) >= 11 is 0. The van der Waals surface area contributed by atoms with Crippen molar-refractivity contribution in [2.24, 2.45) is 5.92 Å². The maximum Gasteiger partial charge on any atom is 0.291 e. The maximum atomic E-state index is 13.9. The Balaban J connectivity index is 1.65. The van der Waals surface area contributed by atoms with Crippen LogP contribution in [0.3, 0.4) is 0 Å². The van der Waals surface area contributed by atoms with Crippen LogP contribution in [0.2, 0.25) is 0 Å². The zero-order valence-electron chi connectivity index (χ0n) is 21.1. The van der Waals surface area contributed by atoms with Gasteiger partial charge in [-0.15, -0.1) is 0 Å². The Morgan fingerprint density at radius 2 is 1.92 bits per heavy atom. The monoisotopic (exact) mass is 482 g/mol. The fourth-order valence-electron chi connectivity index (χ4n) is 4.90. The van der Waals surface area contributed by atoms with Crippen molar-refractivity contribution < 1.29 is 13.9 Å². The van der Waals surface area contributed by atoms with Crippen LogP contribution in [0, 0.1) is 19.8 Å². The van der Waals surface area contributed by atoms with Gasteiger partial charge in [0.05, 0.1) is 23.6 Å². The Morgan fingerprint density at radius 3 is 2.67 bits per heavy atom. The average molecular weight is 483 g/mol. The van der Waals surface area contributed by atoms with E-state index in [0.717, 1.165) is 28.7 Å². The van der Waals surface area contributed by atoms with Gasteiger partial charge >= 0.3 is 0 Å². The van der Waals surface area contributed by atoms with Gasteiger partial charge in [0.2, 0.25) is 5.76 Å². The number of pyridine rings is 1. The van der Waals surface area contributed by atoms with E-state index in [9.17, 15) is 9.59 Å². The molecule has 4 aromatic rings. The molecule has 6 nitrogen and oxygen atoms in total. The third-order valence-electron chi connectivity index (χ3n) is 6.63. The molecule has 6 heteroatoms. The van der Waals surface area contributed by atoms with Crippen LogP contribution in [0.1, 0.15) is 64.7 Å². The highest BCUT2D eigenvalue weighted by Crippen LogP contribution is 2.40. The number of benzene rings is 2. The number of amides is 1. The first-order valence-electron chi connectivity index (χ1n) is 12.3. The molecule has 184 valence electrons. The summed E-state index contributed by atoms with van der Waals surface area (Å²) in [6, 6.07) is 14.6. The van der Waals surface area contributed by atoms with Crippen molar-refractivity contribution in [2.75, 3.05) is 6.61 Å². The quantitative estimate of drug-likeness (QED) is 0.324. The molecule has 1 aliphatic heterocycles. The van der Waals surface area contributed by atoms with Crippen molar-refractivity contribution in [3.8, 4) is 5.75 Å². The number of nitrogens with zero attached hydrogens (tertiary/aromatic N) is 2. The van der Waals surface area contributed by atoms with E-state index < -0.39 is 6.04 Å². The topological polar surface area (TPSA) is 72.6 Å². The van der Waals surface area contributed by atoms with Gasteiger partial charge in [-0.3, -0.25) is 14.6 Å². The molecule has 0 saturated heterocycles. The highest BCUT2D eigenvalue weighted by Gasteiger charge is 2.43. The lowest BCUT2D eigenvalue weighted by Crippen LogP contribution is -2.29. The fraction of sp³-hybridized carbons (Fsp3) is 0.300. The summed E-state index contributed by atoms with van der Waals surface area (Å²) in [5, 5.41) is 0.518. The normalized spacial score (nSPS) is 15.1. The lowest BCUT2D eigenvalue weighted by molar-refractivity contribution is 0.0714. The minimum atomic E-state index is -0.595.